The fourth-order valence-electron chi connectivity index (χ4n) is 11.4. The van der Waals surface area contributed by atoms with Crippen molar-refractivity contribution in [3.63, 3.8) is 0 Å². The molecule has 0 rings (SSSR count). The summed E-state index contributed by atoms with van der Waals surface area (Å²) < 4.78 is 68.5. The summed E-state index contributed by atoms with van der Waals surface area (Å²) in [6, 6.07) is 0. The average Bonchev–Trinajstić information content (AvgIpc) is 1.34. The molecule has 0 saturated heterocycles. The molecule has 0 aliphatic carbocycles. The smallest absolute Gasteiger partial charge is 0.462 e. The van der Waals surface area contributed by atoms with E-state index in [1.54, 1.807) is 0 Å². The van der Waals surface area contributed by atoms with E-state index < -0.39 is 97.5 Å². The number of hydrogen-bond donors (Lipinski definition) is 3. The number of phosphoric ester groups is 2. The van der Waals surface area contributed by atoms with E-state index in [0.717, 1.165) is 102 Å². The number of carbonyl (C=O) groups excluding carboxylic acids is 4. The lowest BCUT2D eigenvalue weighted by molar-refractivity contribution is -0.161. The molecule has 0 spiro atoms. The molecular formula is C75H146O17P2. The number of aliphatic hydroxyl groups is 1. The third-order valence-electron chi connectivity index (χ3n) is 17.8. The largest absolute Gasteiger partial charge is 0.472 e. The Labute approximate surface area is 575 Å². The van der Waals surface area contributed by atoms with E-state index in [9.17, 15) is 43.2 Å². The van der Waals surface area contributed by atoms with E-state index in [4.69, 9.17) is 37.0 Å². The summed E-state index contributed by atoms with van der Waals surface area (Å²) in [5, 5.41) is 10.6. The first-order valence-electron chi connectivity index (χ1n) is 39.0. The summed E-state index contributed by atoms with van der Waals surface area (Å²) in [7, 11) is -9.91. The van der Waals surface area contributed by atoms with Crippen LogP contribution in [-0.4, -0.2) is 96.7 Å². The van der Waals surface area contributed by atoms with E-state index in [0.29, 0.717) is 31.6 Å². The van der Waals surface area contributed by atoms with E-state index in [1.807, 2.05) is 0 Å². The number of ether oxygens (including phenoxy) is 4. The number of esters is 4. The quantitative estimate of drug-likeness (QED) is 0.0222. The second-order valence-electron chi connectivity index (χ2n) is 27.8. The van der Waals surface area contributed by atoms with Gasteiger partial charge in [-0.15, -0.1) is 0 Å². The predicted octanol–water partition coefficient (Wildman–Crippen LogP) is 21.9. The average molecular weight is 1380 g/mol. The lowest BCUT2D eigenvalue weighted by atomic mass is 9.99. The summed E-state index contributed by atoms with van der Waals surface area (Å²) in [6.45, 7) is 9.57. The monoisotopic (exact) mass is 1380 g/mol. The van der Waals surface area contributed by atoms with Crippen LogP contribution in [0.4, 0.5) is 0 Å². The molecule has 0 radical (unpaired) electrons. The van der Waals surface area contributed by atoms with E-state index in [2.05, 4.69) is 41.5 Å². The molecule has 19 heteroatoms. The van der Waals surface area contributed by atoms with Crippen LogP contribution in [0.1, 0.15) is 388 Å². The summed E-state index contributed by atoms with van der Waals surface area (Å²) >= 11 is 0. The van der Waals surface area contributed by atoms with Crippen molar-refractivity contribution >= 4 is 39.5 Å². The van der Waals surface area contributed by atoms with Crippen LogP contribution < -0.4 is 0 Å². The standard InChI is InChI=1S/C75H146O17P2/c1-7-10-12-14-16-18-20-22-24-25-27-29-35-41-48-54-60-74(79)91-70(63-85-72(77)57-51-45-39-33-31-30-32-38-44-50-56-68(6)9-3)65-89-93(81,82)87-61-69(76)62-88-94(83,84)90-66-71(64-86-73(78)58-52-46-42-36-37-43-49-55-67(4)5)92-75(80)59-53-47-40-34-28-26-23-21-19-17-15-13-11-8-2/h67-71,76H,7-66H2,1-6H3,(H,81,82)(H,83,84)/t68?,69-,70-,71-/m1/s1. The minimum atomic E-state index is -4.96. The minimum Gasteiger partial charge on any atom is -0.462 e. The first-order chi connectivity index (χ1) is 45.4. The van der Waals surface area contributed by atoms with Gasteiger partial charge < -0.3 is 33.8 Å². The second kappa shape index (κ2) is 66.9. The minimum absolute atomic E-state index is 0.107. The van der Waals surface area contributed by atoms with Crippen molar-refractivity contribution in [2.75, 3.05) is 39.6 Å². The van der Waals surface area contributed by atoms with Gasteiger partial charge in [-0.1, -0.05) is 337 Å². The number of aliphatic hydroxyl groups excluding tert-OH is 1. The number of unbranched alkanes of at least 4 members (excludes halogenated alkanes) is 43. The van der Waals surface area contributed by atoms with Gasteiger partial charge >= 0.3 is 39.5 Å². The molecule has 0 bridgehead atoms. The van der Waals surface area contributed by atoms with Gasteiger partial charge in [0.25, 0.3) is 0 Å². The predicted molar refractivity (Wildman–Crippen MR) is 381 cm³/mol. The van der Waals surface area contributed by atoms with Crippen molar-refractivity contribution in [1.82, 2.24) is 0 Å². The lowest BCUT2D eigenvalue weighted by Crippen LogP contribution is -2.30. The summed E-state index contributed by atoms with van der Waals surface area (Å²) in [5.74, 6) is -0.601. The van der Waals surface area contributed by atoms with Crippen molar-refractivity contribution in [2.45, 2.75) is 407 Å². The number of phosphoric acid groups is 2. The molecule has 0 heterocycles. The maximum absolute atomic E-state index is 13.1. The molecular weight excluding hydrogens is 1230 g/mol. The number of hydrogen-bond acceptors (Lipinski definition) is 15. The highest BCUT2D eigenvalue weighted by atomic mass is 31.2. The zero-order chi connectivity index (χ0) is 69.3. The van der Waals surface area contributed by atoms with Crippen LogP contribution in [0.3, 0.4) is 0 Å². The molecule has 0 saturated carbocycles. The van der Waals surface area contributed by atoms with Crippen LogP contribution in [0.2, 0.25) is 0 Å². The fraction of sp³-hybridized carbons (Fsp3) is 0.947. The molecule has 558 valence electrons. The van der Waals surface area contributed by atoms with Gasteiger partial charge in [0.15, 0.2) is 12.2 Å². The number of rotatable bonds is 74. The zero-order valence-corrected chi connectivity index (χ0v) is 63.1. The molecule has 3 N–H and O–H groups in total. The Balaban J connectivity index is 5.26. The van der Waals surface area contributed by atoms with Gasteiger partial charge in [-0.05, 0) is 37.5 Å². The maximum atomic E-state index is 13.1. The zero-order valence-electron chi connectivity index (χ0n) is 61.3. The van der Waals surface area contributed by atoms with Crippen molar-refractivity contribution in [1.29, 1.82) is 0 Å². The first-order valence-corrected chi connectivity index (χ1v) is 42.0. The van der Waals surface area contributed by atoms with Crippen molar-refractivity contribution in [3.8, 4) is 0 Å². The van der Waals surface area contributed by atoms with Crippen LogP contribution in [0.25, 0.3) is 0 Å². The molecule has 0 aliphatic rings. The summed E-state index contributed by atoms with van der Waals surface area (Å²) in [4.78, 5) is 72.8. The summed E-state index contributed by atoms with van der Waals surface area (Å²) in [6.07, 6.45) is 54.0. The Morgan fingerprint density at radius 3 is 0.809 bits per heavy atom. The molecule has 3 unspecified atom stereocenters. The Morgan fingerprint density at radius 2 is 0.543 bits per heavy atom. The van der Waals surface area contributed by atoms with Crippen LogP contribution in [0.15, 0.2) is 0 Å². The third kappa shape index (κ3) is 67.3. The van der Waals surface area contributed by atoms with Crippen molar-refractivity contribution in [3.05, 3.63) is 0 Å². The maximum Gasteiger partial charge on any atom is 0.472 e. The van der Waals surface area contributed by atoms with Gasteiger partial charge in [-0.3, -0.25) is 37.3 Å². The summed E-state index contributed by atoms with van der Waals surface area (Å²) in [5.41, 5.74) is 0. The Hall–Kier alpha value is -1.94. The Bertz CT molecular complexity index is 1820. The van der Waals surface area contributed by atoms with Gasteiger partial charge in [0, 0.05) is 25.7 Å². The normalized spacial score (nSPS) is 14.3. The van der Waals surface area contributed by atoms with Gasteiger partial charge in [0.05, 0.1) is 26.4 Å². The first kappa shape index (κ1) is 92.1. The van der Waals surface area contributed by atoms with Crippen LogP contribution in [0, 0.1) is 11.8 Å². The van der Waals surface area contributed by atoms with Crippen LogP contribution in [-0.2, 0) is 65.4 Å². The fourth-order valence-corrected chi connectivity index (χ4v) is 13.0. The van der Waals surface area contributed by atoms with Gasteiger partial charge in [0.2, 0.25) is 0 Å². The highest BCUT2D eigenvalue weighted by Crippen LogP contribution is 2.45. The molecule has 94 heavy (non-hydrogen) atoms. The van der Waals surface area contributed by atoms with Crippen LogP contribution >= 0.6 is 15.6 Å². The van der Waals surface area contributed by atoms with Gasteiger partial charge in [0.1, 0.15) is 19.3 Å². The van der Waals surface area contributed by atoms with Crippen molar-refractivity contribution in [2.24, 2.45) is 11.8 Å². The van der Waals surface area contributed by atoms with Gasteiger partial charge in [-0.2, -0.15) is 0 Å². The molecule has 0 fully saturated rings. The van der Waals surface area contributed by atoms with E-state index >= 15 is 0 Å². The highest BCUT2D eigenvalue weighted by Gasteiger charge is 2.30. The highest BCUT2D eigenvalue weighted by molar-refractivity contribution is 7.47. The Morgan fingerprint density at radius 1 is 0.309 bits per heavy atom. The Kier molecular flexibility index (Phi) is 65.5. The van der Waals surface area contributed by atoms with Crippen LogP contribution in [0.5, 0.6) is 0 Å². The molecule has 0 aliphatic heterocycles. The van der Waals surface area contributed by atoms with E-state index in [-0.39, 0.29) is 25.7 Å². The molecule has 0 aromatic heterocycles. The second-order valence-corrected chi connectivity index (χ2v) is 30.7. The van der Waals surface area contributed by atoms with Gasteiger partial charge in [-0.25, -0.2) is 9.13 Å². The molecule has 0 aromatic rings. The molecule has 6 atom stereocenters. The SMILES string of the molecule is CCCCCCCCCCCCCCCCCCC(=O)O[C@H](COC(=O)CCCCCCCCCCCCC(C)CC)COP(=O)(O)OC[C@@H](O)COP(=O)(O)OC[C@@H](COC(=O)CCCCCCCCCC(C)C)OC(=O)CCCCCCCCCCCCCCCC. The molecule has 17 nitrogen and oxygen atoms in total. The number of carbonyl (C=O) groups is 4. The molecule has 0 aromatic carbocycles. The van der Waals surface area contributed by atoms with Crippen molar-refractivity contribution < 1.29 is 80.2 Å². The lowest BCUT2D eigenvalue weighted by Gasteiger charge is -2.21. The topological polar surface area (TPSA) is 237 Å². The van der Waals surface area contributed by atoms with E-state index in [1.165, 1.54) is 199 Å². The molecule has 0 amide bonds. The third-order valence-corrected chi connectivity index (χ3v) is 19.7.